The first-order valence-corrected chi connectivity index (χ1v) is 5.00. The fraction of sp³-hybridized carbons (Fsp3) is 0.143. The number of halogens is 2. The Bertz CT molecular complexity index is 416. The molecule has 0 aliphatic rings. The maximum atomic E-state index is 12.6. The first-order chi connectivity index (χ1) is 5.96. The largest absolute Gasteiger partial charge is 0.494 e. The molecule has 1 rings (SSSR count). The number of benzene rings is 1. The first-order valence-electron chi connectivity index (χ1n) is 3.24. The average Bonchev–Trinajstić information content (AvgIpc) is 2.02. The minimum absolute atomic E-state index is 0.0567. The quantitative estimate of drug-likeness (QED) is 0.722. The van der Waals surface area contributed by atoms with Gasteiger partial charge >= 0.3 is 10.2 Å². The minimum atomic E-state index is -4.78. The lowest BCUT2D eigenvalue weighted by Crippen LogP contribution is -1.97. The lowest BCUT2D eigenvalue weighted by molar-refractivity contribution is 0.401. The van der Waals surface area contributed by atoms with Crippen LogP contribution in [0.1, 0.15) is 0 Å². The summed E-state index contributed by atoms with van der Waals surface area (Å²) in [5.41, 5.74) is 0. The van der Waals surface area contributed by atoms with Crippen LogP contribution in [-0.2, 0) is 10.2 Å². The first kappa shape index (κ1) is 10.3. The monoisotopic (exact) mass is 224 g/mol. The summed E-state index contributed by atoms with van der Waals surface area (Å²) < 4.78 is 38.4. The molecule has 0 saturated carbocycles. The molecule has 0 aliphatic carbocycles. The van der Waals surface area contributed by atoms with Crippen LogP contribution >= 0.6 is 11.6 Å². The van der Waals surface area contributed by atoms with Gasteiger partial charge in [0.15, 0.2) is 5.75 Å². The van der Waals surface area contributed by atoms with Crippen molar-refractivity contribution < 1.29 is 17.0 Å². The summed E-state index contributed by atoms with van der Waals surface area (Å²) in [7, 11) is -3.56. The van der Waals surface area contributed by atoms with Crippen molar-refractivity contribution in [3.63, 3.8) is 0 Å². The van der Waals surface area contributed by atoms with E-state index >= 15 is 0 Å². The molecule has 0 saturated heterocycles. The van der Waals surface area contributed by atoms with Gasteiger partial charge in [0.2, 0.25) is 0 Å². The molecule has 0 spiro atoms. The van der Waals surface area contributed by atoms with Crippen molar-refractivity contribution in [1.82, 2.24) is 0 Å². The van der Waals surface area contributed by atoms with Crippen LogP contribution in [0.25, 0.3) is 0 Å². The van der Waals surface area contributed by atoms with Crippen molar-refractivity contribution >= 4 is 21.8 Å². The Morgan fingerprint density at radius 1 is 1.46 bits per heavy atom. The molecule has 0 atom stereocenters. The molecule has 0 aliphatic heterocycles. The Morgan fingerprint density at radius 3 is 2.46 bits per heavy atom. The van der Waals surface area contributed by atoms with Crippen molar-refractivity contribution in [2.45, 2.75) is 4.90 Å². The summed E-state index contributed by atoms with van der Waals surface area (Å²) in [6, 6.07) is 3.83. The van der Waals surface area contributed by atoms with Crippen LogP contribution in [0.2, 0.25) is 5.02 Å². The smallest absolute Gasteiger partial charge is 0.335 e. The van der Waals surface area contributed by atoms with E-state index in [1.807, 2.05) is 0 Å². The van der Waals surface area contributed by atoms with Crippen LogP contribution in [0.5, 0.6) is 5.75 Å². The number of para-hydroxylation sites is 1. The second-order valence-electron chi connectivity index (χ2n) is 2.21. The number of ether oxygens (including phenoxy) is 1. The van der Waals surface area contributed by atoms with Crippen molar-refractivity contribution in [2.24, 2.45) is 0 Å². The molecule has 0 aromatic heterocycles. The molecule has 0 fully saturated rings. The summed E-state index contributed by atoms with van der Waals surface area (Å²) in [6.45, 7) is 0. The van der Waals surface area contributed by atoms with E-state index in [0.717, 1.165) is 6.07 Å². The minimum Gasteiger partial charge on any atom is -0.494 e. The van der Waals surface area contributed by atoms with Crippen LogP contribution in [0.15, 0.2) is 23.1 Å². The lowest BCUT2D eigenvalue weighted by Gasteiger charge is -2.05. The summed E-state index contributed by atoms with van der Waals surface area (Å²) in [5.74, 6) is -0.174. The number of hydrogen-bond acceptors (Lipinski definition) is 3. The van der Waals surface area contributed by atoms with E-state index in [4.69, 9.17) is 11.6 Å². The molecular formula is C7H6ClFO3S. The highest BCUT2D eigenvalue weighted by Gasteiger charge is 2.19. The van der Waals surface area contributed by atoms with E-state index in [9.17, 15) is 12.3 Å². The molecule has 1 aromatic rings. The standard InChI is InChI=1S/C7H6ClFO3S/c1-12-7-5(8)3-2-4-6(7)13(9,10)11/h2-4H,1H3. The van der Waals surface area contributed by atoms with Gasteiger partial charge in [-0.05, 0) is 12.1 Å². The zero-order valence-electron chi connectivity index (χ0n) is 6.62. The summed E-state index contributed by atoms with van der Waals surface area (Å²) >= 11 is 5.58. The topological polar surface area (TPSA) is 43.4 Å². The van der Waals surface area contributed by atoms with Crippen molar-refractivity contribution in [3.8, 4) is 5.75 Å². The van der Waals surface area contributed by atoms with Gasteiger partial charge in [-0.3, -0.25) is 0 Å². The van der Waals surface area contributed by atoms with E-state index < -0.39 is 15.1 Å². The van der Waals surface area contributed by atoms with Crippen LogP contribution < -0.4 is 4.74 Å². The van der Waals surface area contributed by atoms with Crippen molar-refractivity contribution in [2.75, 3.05) is 7.11 Å². The van der Waals surface area contributed by atoms with Gasteiger partial charge < -0.3 is 4.74 Å². The zero-order chi connectivity index (χ0) is 10.1. The van der Waals surface area contributed by atoms with Gasteiger partial charge in [-0.1, -0.05) is 17.7 Å². The normalized spacial score (nSPS) is 11.3. The zero-order valence-corrected chi connectivity index (χ0v) is 8.19. The fourth-order valence-electron chi connectivity index (χ4n) is 0.879. The van der Waals surface area contributed by atoms with E-state index in [0.29, 0.717) is 0 Å². The Morgan fingerprint density at radius 2 is 2.08 bits per heavy atom. The fourth-order valence-corrected chi connectivity index (χ4v) is 1.84. The van der Waals surface area contributed by atoms with Gasteiger partial charge in [-0.25, -0.2) is 0 Å². The average molecular weight is 225 g/mol. The Hall–Kier alpha value is -0.810. The van der Waals surface area contributed by atoms with E-state index in [1.165, 1.54) is 19.2 Å². The summed E-state index contributed by atoms with van der Waals surface area (Å²) in [6.07, 6.45) is 0. The molecule has 1 aromatic carbocycles. The van der Waals surface area contributed by atoms with Gasteiger partial charge in [0.05, 0.1) is 12.1 Å². The molecule has 72 valence electrons. The molecular weight excluding hydrogens is 219 g/mol. The highest BCUT2D eigenvalue weighted by molar-refractivity contribution is 7.86. The maximum absolute atomic E-state index is 12.6. The van der Waals surface area contributed by atoms with Crippen LogP contribution in [0.3, 0.4) is 0 Å². The predicted octanol–water partition coefficient (Wildman–Crippen LogP) is 2.01. The third kappa shape index (κ3) is 2.10. The van der Waals surface area contributed by atoms with Crippen LogP contribution in [0.4, 0.5) is 3.89 Å². The summed E-state index contributed by atoms with van der Waals surface area (Å²) in [5, 5.41) is 0.0567. The SMILES string of the molecule is COc1c(Cl)cccc1S(=O)(=O)F. The lowest BCUT2D eigenvalue weighted by atomic mass is 10.3. The highest BCUT2D eigenvalue weighted by Crippen LogP contribution is 2.32. The summed E-state index contributed by atoms with van der Waals surface area (Å²) in [4.78, 5) is -0.553. The number of rotatable bonds is 2. The van der Waals surface area contributed by atoms with Gasteiger partial charge in [-0.15, -0.1) is 3.89 Å². The molecule has 3 nitrogen and oxygen atoms in total. The second kappa shape index (κ2) is 3.51. The Labute approximate surface area is 80.3 Å². The van der Waals surface area contributed by atoms with Crippen LogP contribution in [-0.4, -0.2) is 15.5 Å². The van der Waals surface area contributed by atoms with Crippen molar-refractivity contribution in [1.29, 1.82) is 0 Å². The molecule has 0 bridgehead atoms. The van der Waals surface area contributed by atoms with E-state index in [-0.39, 0.29) is 10.8 Å². The van der Waals surface area contributed by atoms with Gasteiger partial charge in [0, 0.05) is 0 Å². The third-order valence-corrected chi connectivity index (χ3v) is 2.54. The van der Waals surface area contributed by atoms with Gasteiger partial charge in [0.25, 0.3) is 0 Å². The van der Waals surface area contributed by atoms with Crippen LogP contribution in [0, 0.1) is 0 Å². The maximum Gasteiger partial charge on any atom is 0.335 e. The molecule has 13 heavy (non-hydrogen) atoms. The molecule has 0 N–H and O–H groups in total. The second-order valence-corrected chi connectivity index (χ2v) is 3.93. The Kier molecular flexibility index (Phi) is 2.77. The molecule has 0 unspecified atom stereocenters. The Balaban J connectivity index is 3.47. The van der Waals surface area contributed by atoms with Crippen molar-refractivity contribution in [3.05, 3.63) is 23.2 Å². The van der Waals surface area contributed by atoms with Gasteiger partial charge in [-0.2, -0.15) is 8.42 Å². The highest BCUT2D eigenvalue weighted by atomic mass is 35.5. The van der Waals surface area contributed by atoms with E-state index in [1.54, 1.807) is 0 Å². The molecule has 0 heterocycles. The predicted molar refractivity (Wildman–Crippen MR) is 46.3 cm³/mol. The molecule has 0 radical (unpaired) electrons. The molecule has 0 amide bonds. The van der Waals surface area contributed by atoms with Gasteiger partial charge in [0.1, 0.15) is 4.90 Å². The number of methoxy groups -OCH3 is 1. The van der Waals surface area contributed by atoms with E-state index in [2.05, 4.69) is 4.74 Å². The third-order valence-electron chi connectivity index (χ3n) is 1.40. The number of hydrogen-bond donors (Lipinski definition) is 0. The molecule has 6 heteroatoms.